The van der Waals surface area contributed by atoms with Crippen molar-refractivity contribution in [1.82, 2.24) is 5.32 Å². The number of ether oxygens (including phenoxy) is 1. The van der Waals surface area contributed by atoms with Gasteiger partial charge in [0.15, 0.2) is 0 Å². The third-order valence-corrected chi connectivity index (χ3v) is 2.48. The maximum atomic E-state index is 11.7. The zero-order valence-corrected chi connectivity index (χ0v) is 11.2. The van der Waals surface area contributed by atoms with Crippen molar-refractivity contribution >= 4 is 17.7 Å². The summed E-state index contributed by atoms with van der Waals surface area (Å²) in [5.74, 6) is -0.304. The third-order valence-electron chi connectivity index (χ3n) is 2.48. The predicted molar refractivity (Wildman–Crippen MR) is 74.1 cm³/mol. The highest BCUT2D eigenvalue weighted by Crippen LogP contribution is 2.18. The number of alkyl carbamates (subject to hydrolysis) is 1. The number of carbonyl (C=O) groups is 2. The summed E-state index contributed by atoms with van der Waals surface area (Å²) in [6, 6.07) is 5.80. The van der Waals surface area contributed by atoms with Crippen molar-refractivity contribution in [2.24, 2.45) is 0 Å². The van der Waals surface area contributed by atoms with Crippen LogP contribution in [0.4, 0.5) is 10.5 Å². The number of rotatable bonds is 5. The van der Waals surface area contributed by atoms with E-state index in [-0.39, 0.29) is 12.5 Å². The summed E-state index contributed by atoms with van der Waals surface area (Å²) in [5, 5.41) is 5.08. The van der Waals surface area contributed by atoms with Crippen molar-refractivity contribution in [2.45, 2.75) is 13.3 Å². The number of carbonyl (C=O) groups excluding carboxylic acids is 2. The van der Waals surface area contributed by atoms with Gasteiger partial charge in [0.25, 0.3) is 0 Å². The molecule has 102 valence electrons. The van der Waals surface area contributed by atoms with Gasteiger partial charge < -0.3 is 15.4 Å². The molecule has 0 aliphatic rings. The second-order valence-corrected chi connectivity index (χ2v) is 4.05. The first-order valence-corrected chi connectivity index (χ1v) is 5.89. The fraction of sp³-hybridized carbons (Fsp3) is 0.286. The van der Waals surface area contributed by atoms with E-state index >= 15 is 0 Å². The van der Waals surface area contributed by atoms with E-state index in [2.05, 4.69) is 21.9 Å². The van der Waals surface area contributed by atoms with Crippen molar-refractivity contribution in [3.05, 3.63) is 42.0 Å². The molecule has 0 bridgehead atoms. The first-order valence-electron chi connectivity index (χ1n) is 5.89. The molecule has 0 spiro atoms. The molecule has 0 atom stereocenters. The summed E-state index contributed by atoms with van der Waals surface area (Å²) >= 11 is 0. The molecule has 5 heteroatoms. The van der Waals surface area contributed by atoms with Crippen molar-refractivity contribution in [3.63, 3.8) is 0 Å². The van der Waals surface area contributed by atoms with E-state index in [4.69, 9.17) is 0 Å². The van der Waals surface area contributed by atoms with Gasteiger partial charge in [-0.05, 0) is 30.5 Å². The highest BCUT2D eigenvalue weighted by atomic mass is 16.5. The quantitative estimate of drug-likeness (QED) is 0.798. The maximum absolute atomic E-state index is 11.7. The average Bonchev–Trinajstić information content (AvgIpc) is 2.39. The summed E-state index contributed by atoms with van der Waals surface area (Å²) in [5.41, 5.74) is 2.76. The van der Waals surface area contributed by atoms with Gasteiger partial charge in [-0.25, -0.2) is 4.79 Å². The second kappa shape index (κ2) is 7.20. The van der Waals surface area contributed by atoms with Crippen LogP contribution >= 0.6 is 0 Å². The molecule has 1 rings (SSSR count). The lowest BCUT2D eigenvalue weighted by atomic mass is 10.1. The molecule has 5 nitrogen and oxygen atoms in total. The van der Waals surface area contributed by atoms with E-state index in [1.54, 1.807) is 6.08 Å². The van der Waals surface area contributed by atoms with Crippen LogP contribution < -0.4 is 10.6 Å². The molecular weight excluding hydrogens is 244 g/mol. The average molecular weight is 262 g/mol. The zero-order valence-electron chi connectivity index (χ0n) is 11.2. The minimum absolute atomic E-state index is 0.131. The fourth-order valence-electron chi connectivity index (χ4n) is 1.56. The topological polar surface area (TPSA) is 67.4 Å². The van der Waals surface area contributed by atoms with Crippen molar-refractivity contribution in [3.8, 4) is 0 Å². The number of anilines is 1. The molecule has 2 N–H and O–H groups in total. The van der Waals surface area contributed by atoms with Gasteiger partial charge in [0.2, 0.25) is 5.91 Å². The number of aryl methyl sites for hydroxylation is 1. The van der Waals surface area contributed by atoms with E-state index in [9.17, 15) is 9.59 Å². The summed E-state index contributed by atoms with van der Waals surface area (Å²) < 4.78 is 4.39. The van der Waals surface area contributed by atoms with Crippen LogP contribution in [-0.2, 0) is 16.0 Å². The molecule has 0 saturated carbocycles. The van der Waals surface area contributed by atoms with E-state index in [1.807, 2.05) is 25.1 Å². The Hall–Kier alpha value is -2.30. The van der Waals surface area contributed by atoms with Gasteiger partial charge in [-0.1, -0.05) is 18.2 Å². The summed E-state index contributed by atoms with van der Waals surface area (Å²) in [4.78, 5) is 22.6. The number of benzene rings is 1. The van der Waals surface area contributed by atoms with E-state index in [1.165, 1.54) is 7.11 Å². The normalized spacial score (nSPS) is 9.58. The number of allylic oxidation sites excluding steroid dienone is 1. The summed E-state index contributed by atoms with van der Waals surface area (Å²) in [6.45, 7) is 5.50. The van der Waals surface area contributed by atoms with Crippen LogP contribution in [0, 0.1) is 6.92 Å². The molecule has 19 heavy (non-hydrogen) atoms. The van der Waals surface area contributed by atoms with Gasteiger partial charge in [-0.3, -0.25) is 4.79 Å². The molecule has 0 saturated heterocycles. The first-order chi connectivity index (χ1) is 9.06. The molecule has 0 aliphatic carbocycles. The molecule has 0 fully saturated rings. The number of nitrogens with one attached hydrogen (secondary N) is 2. The molecule has 0 aliphatic heterocycles. The maximum Gasteiger partial charge on any atom is 0.407 e. The molecule has 0 aromatic heterocycles. The van der Waals surface area contributed by atoms with Gasteiger partial charge in [0.05, 0.1) is 7.11 Å². The Morgan fingerprint density at radius 3 is 2.79 bits per heavy atom. The van der Waals surface area contributed by atoms with Gasteiger partial charge in [0.1, 0.15) is 6.54 Å². The molecule has 0 heterocycles. The highest BCUT2D eigenvalue weighted by molar-refractivity contribution is 5.94. The van der Waals surface area contributed by atoms with Crippen LogP contribution in [0.25, 0.3) is 0 Å². The molecule has 2 amide bonds. The molecule has 1 aromatic carbocycles. The van der Waals surface area contributed by atoms with E-state index in [0.717, 1.165) is 16.8 Å². The minimum Gasteiger partial charge on any atom is -0.453 e. The van der Waals surface area contributed by atoms with E-state index < -0.39 is 6.09 Å². The first kappa shape index (κ1) is 14.8. The van der Waals surface area contributed by atoms with Gasteiger partial charge >= 0.3 is 6.09 Å². The SMILES string of the molecule is C=CCc1ccc(C)cc1NC(=O)CNC(=O)OC. The van der Waals surface area contributed by atoms with Crippen LogP contribution in [0.2, 0.25) is 0 Å². The monoisotopic (exact) mass is 262 g/mol. The van der Waals surface area contributed by atoms with Gasteiger partial charge in [-0.2, -0.15) is 0 Å². The predicted octanol–water partition coefficient (Wildman–Crippen LogP) is 2.02. The van der Waals surface area contributed by atoms with Crippen LogP contribution in [0.3, 0.4) is 0 Å². The molecule has 0 radical (unpaired) electrons. The third kappa shape index (κ3) is 4.83. The Morgan fingerprint density at radius 2 is 2.16 bits per heavy atom. The largest absolute Gasteiger partial charge is 0.453 e. The number of hydrogen-bond acceptors (Lipinski definition) is 3. The highest BCUT2D eigenvalue weighted by Gasteiger charge is 2.08. The van der Waals surface area contributed by atoms with Crippen molar-refractivity contribution in [1.29, 1.82) is 0 Å². The fourth-order valence-corrected chi connectivity index (χ4v) is 1.56. The van der Waals surface area contributed by atoms with Crippen LogP contribution in [0.1, 0.15) is 11.1 Å². The lowest BCUT2D eigenvalue weighted by molar-refractivity contribution is -0.115. The number of amides is 2. The Morgan fingerprint density at radius 1 is 1.42 bits per heavy atom. The molecule has 1 aromatic rings. The lowest BCUT2D eigenvalue weighted by Crippen LogP contribution is -2.32. The second-order valence-electron chi connectivity index (χ2n) is 4.05. The number of hydrogen-bond donors (Lipinski definition) is 2. The Kier molecular flexibility index (Phi) is 5.60. The van der Waals surface area contributed by atoms with E-state index in [0.29, 0.717) is 6.42 Å². The summed E-state index contributed by atoms with van der Waals surface area (Å²) in [6.07, 6.45) is 1.80. The van der Waals surface area contributed by atoms with Crippen LogP contribution in [-0.4, -0.2) is 25.7 Å². The molecule has 0 unspecified atom stereocenters. The minimum atomic E-state index is -0.634. The smallest absolute Gasteiger partial charge is 0.407 e. The van der Waals surface area contributed by atoms with Gasteiger partial charge in [-0.15, -0.1) is 6.58 Å². The van der Waals surface area contributed by atoms with Crippen molar-refractivity contribution in [2.75, 3.05) is 19.0 Å². The Labute approximate surface area is 112 Å². The standard InChI is InChI=1S/C14H18N2O3/c1-4-5-11-7-6-10(2)8-12(11)16-13(17)9-15-14(18)19-3/h4,6-8H,1,5,9H2,2-3H3,(H,15,18)(H,16,17). The summed E-state index contributed by atoms with van der Waals surface area (Å²) in [7, 11) is 1.25. The number of methoxy groups -OCH3 is 1. The lowest BCUT2D eigenvalue weighted by Gasteiger charge is -2.11. The Balaban J connectivity index is 2.69. The molecular formula is C14H18N2O3. The van der Waals surface area contributed by atoms with Crippen molar-refractivity contribution < 1.29 is 14.3 Å². The van der Waals surface area contributed by atoms with Crippen LogP contribution in [0.5, 0.6) is 0 Å². The Bertz CT molecular complexity index is 484. The van der Waals surface area contributed by atoms with Crippen LogP contribution in [0.15, 0.2) is 30.9 Å². The zero-order chi connectivity index (χ0) is 14.3. The van der Waals surface area contributed by atoms with Gasteiger partial charge in [0, 0.05) is 5.69 Å².